The third kappa shape index (κ3) is 23.2. The molecule has 20 N–H and O–H groups in total. The standard InChI is InChI=1S/C100H124Cl2N13O27P/c1-5-6-7-8-9-10-11-12-13-21-75(121)106-84-88(125)86(123)73(50-116)139-99(84)141-91-71-44-56-45-72(91)137-67-31-26-55(42-63(67)101)85(122)83-98(134)110-81(93(129)104-32-20-33-112(3)4)61-46-57(118)47-69(138-100-90(127)89(126)87(124)74(51-117)140-100)76(61)60-41-53(24-29-65(60)119)79(95(131)111-83)107-96(132)80(56)108-97(133)82-62-48-59(49-70(77(62)102)142-143(113-34-14-15-35-113,114-36-16-17-37-114)115-38-18-19-39-115)136-68-43-54(25-30-66(68)120)78(103-2)94(130)105-64(92(128)109-82)40-52-22-27-58(135-71)28-23-52/h22-31,41-49,64,73-74,78-90,99-100,103,116-117,122-127H,5-21,32-40,50-51H2,1-4H3,(H10-,104,105,106,107,108,109,110,111,118,119,120,121,128,129,130,131,132,133,134)/p+1/t64-,73-,74-,78+,79-,80-,81+,82+,83+,84-,85-,86-,87-,88-,89+,90+,99+,100+/m1/s1. The molecule has 18 atom stereocenters. The van der Waals surface area contributed by atoms with Gasteiger partial charge in [0, 0.05) is 87.5 Å². The number of carbonyl (C=O) groups is 8. The molecule has 18 rings (SSSR count). The molecule has 0 aromatic heterocycles. The molecule has 0 radical (unpaired) electrons. The van der Waals surface area contributed by atoms with Gasteiger partial charge in [0.15, 0.2) is 23.0 Å². The van der Waals surface area contributed by atoms with Gasteiger partial charge in [-0.25, -0.2) is 0 Å². The molecule has 770 valence electrons. The highest BCUT2D eigenvalue weighted by atomic mass is 35.5. The van der Waals surface area contributed by atoms with Crippen LogP contribution in [0.2, 0.25) is 10.0 Å². The summed E-state index contributed by atoms with van der Waals surface area (Å²) in [4.78, 5) is 131. The van der Waals surface area contributed by atoms with Crippen LogP contribution in [0.5, 0.6) is 69.0 Å². The number of halogens is 2. The van der Waals surface area contributed by atoms with Gasteiger partial charge in [-0.1, -0.05) is 112 Å². The van der Waals surface area contributed by atoms with Crippen LogP contribution in [0.15, 0.2) is 115 Å². The zero-order valence-electron chi connectivity index (χ0n) is 79.6. The van der Waals surface area contributed by atoms with Crippen LogP contribution in [0.4, 0.5) is 0 Å². The lowest BCUT2D eigenvalue weighted by Crippen LogP contribution is -2.65. The van der Waals surface area contributed by atoms with Gasteiger partial charge in [-0.3, -0.25) is 42.9 Å². The monoisotopic (exact) mass is 2040 g/mol. The van der Waals surface area contributed by atoms with Crippen molar-refractivity contribution in [2.45, 2.75) is 232 Å². The molecule has 0 unspecified atom stereocenters. The Hall–Kier alpha value is -11.1. The van der Waals surface area contributed by atoms with Crippen LogP contribution < -0.4 is 76.1 Å². The summed E-state index contributed by atoms with van der Waals surface area (Å²) in [6.45, 7) is 4.35. The second kappa shape index (κ2) is 46.5. The topological polar surface area (TPSA) is 554 Å². The van der Waals surface area contributed by atoms with Crippen molar-refractivity contribution in [3.05, 3.63) is 164 Å². The Kier molecular flexibility index (Phi) is 34.1. The van der Waals surface area contributed by atoms with Crippen molar-refractivity contribution < 1.29 is 132 Å². The smallest absolute Gasteiger partial charge is 0.417 e. The van der Waals surface area contributed by atoms with Crippen LogP contribution in [-0.2, 0) is 54.3 Å². The number of nitrogens with zero attached hydrogens (tertiary/aromatic N) is 4. The van der Waals surface area contributed by atoms with E-state index in [0.29, 0.717) is 70.6 Å². The number of phenols is 3. The van der Waals surface area contributed by atoms with Gasteiger partial charge >= 0.3 is 7.94 Å². The molecule has 8 amide bonds. The molecule has 17 bridgehead atoms. The van der Waals surface area contributed by atoms with Crippen LogP contribution in [-0.4, -0.2) is 282 Å². The largest absolute Gasteiger partial charge is 0.508 e. The number of nitrogens with one attached hydrogen (secondary N) is 9. The molecule has 7 aromatic rings. The number of phenolic OH excluding ortho intramolecular Hbond substituents is 3. The number of carbonyl (C=O) groups excluding carboxylic acids is 8. The van der Waals surface area contributed by atoms with Gasteiger partial charge in [-0.15, -0.1) is 14.0 Å². The van der Waals surface area contributed by atoms with Crippen molar-refractivity contribution in [3.63, 3.8) is 0 Å². The third-order valence-corrected chi connectivity index (χ3v) is 32.0. The van der Waals surface area contributed by atoms with Gasteiger partial charge < -0.3 is 142 Å². The summed E-state index contributed by atoms with van der Waals surface area (Å²) in [5.41, 5.74) is -2.01. The number of rotatable bonds is 28. The first-order chi connectivity index (χ1) is 68.8. The highest BCUT2D eigenvalue weighted by Gasteiger charge is 2.63. The Morgan fingerprint density at radius 1 is 0.517 bits per heavy atom. The Bertz CT molecular complexity index is 5740. The van der Waals surface area contributed by atoms with E-state index in [4.69, 9.17) is 60.9 Å². The van der Waals surface area contributed by atoms with Crippen LogP contribution >= 0.6 is 31.1 Å². The van der Waals surface area contributed by atoms with E-state index in [1.165, 1.54) is 67.7 Å². The Morgan fingerprint density at radius 2 is 1.10 bits per heavy atom. The first kappa shape index (κ1) is 105. The molecule has 143 heavy (non-hydrogen) atoms. The fourth-order valence-corrected chi connectivity index (χ4v) is 24.5. The molecule has 0 aliphatic carbocycles. The molecule has 40 nitrogen and oxygen atoms in total. The first-order valence-corrected chi connectivity index (χ1v) is 51.1. The normalized spacial score (nSPS) is 26.6. The Labute approximate surface area is 836 Å². The number of likely N-dealkylation sites (N-methyl/N-ethyl adjacent to an activating group) is 1. The van der Waals surface area contributed by atoms with E-state index in [9.17, 15) is 61.0 Å². The third-order valence-electron chi connectivity index (χ3n) is 27.4. The van der Waals surface area contributed by atoms with Gasteiger partial charge in [-0.2, -0.15) is 0 Å². The molecule has 0 saturated carbocycles. The van der Waals surface area contributed by atoms with Crippen molar-refractivity contribution in [2.24, 2.45) is 0 Å². The molecule has 7 aromatic carbocycles. The fraction of sp³-hybridized carbons (Fsp3) is 0.500. The van der Waals surface area contributed by atoms with Crippen molar-refractivity contribution in [1.82, 2.24) is 66.8 Å². The minimum atomic E-state index is -3.20. The molecule has 43 heteroatoms. The SMILES string of the molecule is CCCCCCCCCCCC(=O)N[C@H]1[C@H](Oc2c3cc4cc2Oc2ccc(cc2Cl)[C@@H](O)[C@@H]2NC(=O)[C@H](NC(=O)[C@@H]4NC(=O)[C@H]4NC(=O)[C@@H](Cc5ccc(cc5)O3)NC(=O)[C@@H](NC)c3ccc(O)c(c3)Oc3cc(O[P+](N5CCCC5)(N5CCCC5)N5CCCC5)c(Cl)c4c3)c3ccc(O)c(c3)-c3c(O[C@H]4O[C@H](CO)[C@@H](O)[C@H](O)[C@@H]4O)cc(O)cc3[C@@H](C(=O)NCCCN(C)C)NC2=O)O[C@H](CO)[C@@H](O)[C@@H]1O. The minimum absolute atomic E-state index is 0.0587. The highest BCUT2D eigenvalue weighted by molar-refractivity contribution is 7.64. The van der Waals surface area contributed by atoms with Gasteiger partial charge in [0.05, 0.1) is 23.3 Å². The van der Waals surface area contributed by atoms with E-state index in [-0.39, 0.29) is 75.4 Å². The van der Waals surface area contributed by atoms with Crippen LogP contribution in [0.25, 0.3) is 11.1 Å². The predicted octanol–water partition coefficient (Wildman–Crippen LogP) is 6.86. The highest BCUT2D eigenvalue weighted by Crippen LogP contribution is 2.71. The lowest BCUT2D eigenvalue weighted by molar-refractivity contribution is -0.277. The van der Waals surface area contributed by atoms with E-state index < -0.39 is 246 Å². The zero-order chi connectivity index (χ0) is 101. The van der Waals surface area contributed by atoms with Crippen molar-refractivity contribution >= 4 is 78.4 Å². The average Bonchev–Trinajstić information content (AvgIpc) is 1.66. The van der Waals surface area contributed by atoms with Crippen molar-refractivity contribution in [3.8, 4) is 80.1 Å². The van der Waals surface area contributed by atoms with Crippen molar-refractivity contribution in [1.29, 1.82) is 0 Å². The van der Waals surface area contributed by atoms with Crippen LogP contribution in [0.1, 0.15) is 191 Å². The molecule has 11 aliphatic heterocycles. The quantitative estimate of drug-likeness (QED) is 0.0176. The van der Waals surface area contributed by atoms with Gasteiger partial charge in [0.2, 0.25) is 71.3 Å². The average molecular weight is 2040 g/mol. The fourth-order valence-electron chi connectivity index (χ4n) is 19.8. The number of unbranched alkanes of at least 4 members (excludes halogenated alkanes) is 8. The maximum absolute atomic E-state index is 17.4. The van der Waals surface area contributed by atoms with E-state index in [1.54, 1.807) is 26.2 Å². The summed E-state index contributed by atoms with van der Waals surface area (Å²) >= 11 is 15.5. The van der Waals surface area contributed by atoms with Crippen LogP contribution in [0, 0.1) is 0 Å². The Morgan fingerprint density at radius 3 is 1.74 bits per heavy atom. The Balaban J connectivity index is 0.926. The number of amides is 8. The molecule has 11 aliphatic rings. The minimum Gasteiger partial charge on any atom is -0.508 e. The molecular weight excluding hydrogens is 1920 g/mol. The number of benzene rings is 7. The maximum atomic E-state index is 17.4. The molecule has 11 heterocycles. The van der Waals surface area contributed by atoms with Gasteiger partial charge in [0.25, 0.3) is 0 Å². The first-order valence-electron chi connectivity index (χ1n) is 48.8. The second-order valence-corrected chi connectivity index (χ2v) is 41.4. The number of aliphatic hydroxyl groups is 8. The number of fused-ring (bicyclic) bond motifs is 14. The molecule has 0 spiro atoms. The number of hydrogen-bond acceptors (Lipinski definition) is 32. The van der Waals surface area contributed by atoms with E-state index in [2.05, 4.69) is 68.8 Å². The summed E-state index contributed by atoms with van der Waals surface area (Å²) in [6.07, 6.45) is -6.49. The molecule has 5 saturated heterocycles. The van der Waals surface area contributed by atoms with E-state index >= 15 is 33.6 Å². The van der Waals surface area contributed by atoms with E-state index in [1.807, 2.05) is 4.90 Å². The number of aromatic hydroxyl groups is 3. The second-order valence-electron chi connectivity index (χ2n) is 37.8. The number of ether oxygens (including phenoxy) is 7. The summed E-state index contributed by atoms with van der Waals surface area (Å²) in [6, 6.07) is 8.35. The summed E-state index contributed by atoms with van der Waals surface area (Å²) in [7, 11) is 1.87. The number of aliphatic hydroxyl groups excluding tert-OH is 8. The zero-order valence-corrected chi connectivity index (χ0v) is 82.0. The number of hydrogen-bond donors (Lipinski definition) is 20. The lowest BCUT2D eigenvalue weighted by atomic mass is 9.89. The lowest BCUT2D eigenvalue weighted by Gasteiger charge is -2.42. The maximum Gasteiger partial charge on any atom is 0.417 e. The van der Waals surface area contributed by atoms with Crippen molar-refractivity contribution in [2.75, 3.05) is 86.7 Å². The molecule has 5 fully saturated rings. The summed E-state index contributed by atoms with van der Waals surface area (Å²) < 4.78 is 61.1. The molecular formula is C100H125Cl2N13O27P+. The summed E-state index contributed by atoms with van der Waals surface area (Å²) in [5.74, 6) is -13.8. The predicted molar refractivity (Wildman–Crippen MR) is 520 cm³/mol. The van der Waals surface area contributed by atoms with E-state index in [0.717, 1.165) is 126 Å². The van der Waals surface area contributed by atoms with Crippen LogP contribution in [0.3, 0.4) is 0 Å². The van der Waals surface area contributed by atoms with Gasteiger partial charge in [-0.05, 0) is 185 Å². The van der Waals surface area contributed by atoms with Gasteiger partial charge in [0.1, 0.15) is 132 Å². The summed E-state index contributed by atoms with van der Waals surface area (Å²) in [5, 5.41) is 154.